The van der Waals surface area contributed by atoms with Crippen LogP contribution in [0.4, 0.5) is 0 Å². The van der Waals surface area contributed by atoms with Crippen molar-refractivity contribution in [3.63, 3.8) is 0 Å². The van der Waals surface area contributed by atoms with Crippen LogP contribution in [0.2, 0.25) is 0 Å². The van der Waals surface area contributed by atoms with Gasteiger partial charge >= 0.3 is 0 Å². The molecule has 1 aromatic carbocycles. The fraction of sp³-hybridized carbons (Fsp3) is 0.571. The summed E-state index contributed by atoms with van der Waals surface area (Å²) in [5.74, 6) is 0.816. The van der Waals surface area contributed by atoms with Crippen molar-refractivity contribution in [2.24, 2.45) is 5.92 Å². The van der Waals surface area contributed by atoms with Gasteiger partial charge in [-0.3, -0.25) is 4.90 Å². The second kappa shape index (κ2) is 8.16. The molecule has 2 nitrogen and oxygen atoms in total. The Kier molecular flexibility index (Phi) is 7.23. The van der Waals surface area contributed by atoms with E-state index in [0.29, 0.717) is 0 Å². The predicted molar refractivity (Wildman–Crippen MR) is 83.3 cm³/mol. The van der Waals surface area contributed by atoms with Gasteiger partial charge in [-0.1, -0.05) is 34.1 Å². The summed E-state index contributed by atoms with van der Waals surface area (Å²) in [6, 6.07) is 8.54. The van der Waals surface area contributed by atoms with E-state index >= 15 is 0 Å². The lowest BCUT2D eigenvalue weighted by Crippen LogP contribution is -2.38. The van der Waals surface area contributed by atoms with Crippen LogP contribution in [0.15, 0.2) is 28.7 Å². The average Bonchev–Trinajstić information content (AvgIpc) is 2.33. The number of benzene rings is 1. The zero-order valence-corrected chi connectivity index (χ0v) is 13.3. The fourth-order valence-electron chi connectivity index (χ4n) is 2.62. The van der Waals surface area contributed by atoms with Crippen LogP contribution in [-0.4, -0.2) is 31.6 Å². The van der Waals surface area contributed by atoms with Gasteiger partial charge in [-0.2, -0.15) is 0 Å². The first-order valence-corrected chi connectivity index (χ1v) is 7.19. The van der Waals surface area contributed by atoms with E-state index in [0.717, 1.165) is 19.0 Å². The van der Waals surface area contributed by atoms with Crippen LogP contribution < -0.4 is 5.32 Å². The van der Waals surface area contributed by atoms with Crippen molar-refractivity contribution in [2.45, 2.75) is 19.4 Å². The topological polar surface area (TPSA) is 15.3 Å². The zero-order valence-electron chi connectivity index (χ0n) is 10.9. The number of likely N-dealkylation sites (tertiary alicyclic amines) is 1. The largest absolute Gasteiger partial charge is 0.319 e. The Morgan fingerprint density at radius 3 is 2.89 bits per heavy atom. The first-order valence-electron chi connectivity index (χ1n) is 6.40. The van der Waals surface area contributed by atoms with Gasteiger partial charge in [0.05, 0.1) is 0 Å². The Morgan fingerprint density at radius 1 is 1.39 bits per heavy atom. The summed E-state index contributed by atoms with van der Waals surface area (Å²) >= 11 is 3.63. The summed E-state index contributed by atoms with van der Waals surface area (Å²) in [5, 5.41) is 3.30. The van der Waals surface area contributed by atoms with E-state index < -0.39 is 0 Å². The van der Waals surface area contributed by atoms with Crippen molar-refractivity contribution in [1.82, 2.24) is 10.2 Å². The molecule has 1 atom stereocenters. The zero-order chi connectivity index (χ0) is 12.1. The van der Waals surface area contributed by atoms with Gasteiger partial charge in [0.25, 0.3) is 0 Å². The highest BCUT2D eigenvalue weighted by molar-refractivity contribution is 9.10. The normalized spacial score (nSPS) is 20.4. The van der Waals surface area contributed by atoms with Crippen LogP contribution in [-0.2, 0) is 6.54 Å². The summed E-state index contributed by atoms with van der Waals surface area (Å²) in [4.78, 5) is 2.58. The first kappa shape index (κ1) is 16.0. The molecular formula is C14H22BrClN2. The number of nitrogens with one attached hydrogen (secondary N) is 1. The van der Waals surface area contributed by atoms with Crippen molar-refractivity contribution < 1.29 is 0 Å². The van der Waals surface area contributed by atoms with Gasteiger partial charge in [0.15, 0.2) is 0 Å². The van der Waals surface area contributed by atoms with Gasteiger partial charge in [0.1, 0.15) is 0 Å². The molecule has 2 rings (SSSR count). The van der Waals surface area contributed by atoms with Crippen LogP contribution in [0.25, 0.3) is 0 Å². The molecule has 0 aliphatic carbocycles. The van der Waals surface area contributed by atoms with Gasteiger partial charge in [-0.05, 0) is 50.5 Å². The summed E-state index contributed by atoms with van der Waals surface area (Å²) in [6.07, 6.45) is 2.70. The monoisotopic (exact) mass is 332 g/mol. The lowest BCUT2D eigenvalue weighted by Gasteiger charge is -2.32. The Hall–Kier alpha value is -0.0900. The molecule has 0 spiro atoms. The molecule has 0 bridgehead atoms. The van der Waals surface area contributed by atoms with Crippen LogP contribution >= 0.6 is 28.3 Å². The second-order valence-corrected chi connectivity index (χ2v) is 5.75. The van der Waals surface area contributed by atoms with Gasteiger partial charge in [0, 0.05) is 17.6 Å². The average molecular weight is 334 g/mol. The maximum atomic E-state index is 3.63. The molecule has 102 valence electrons. The van der Waals surface area contributed by atoms with Crippen molar-refractivity contribution in [2.75, 3.05) is 26.7 Å². The molecular weight excluding hydrogens is 312 g/mol. The maximum absolute atomic E-state index is 3.63. The van der Waals surface area contributed by atoms with E-state index in [4.69, 9.17) is 0 Å². The Labute approximate surface area is 125 Å². The summed E-state index contributed by atoms with van der Waals surface area (Å²) in [6.45, 7) is 4.68. The third-order valence-corrected chi connectivity index (χ3v) is 4.22. The molecule has 1 saturated heterocycles. The number of halogens is 2. The minimum atomic E-state index is 0. The standard InChI is InChI=1S/C14H21BrN2.ClH/c1-16-9-12-5-4-8-17(10-12)11-13-6-2-3-7-14(13)15;/h2-3,6-7,12,16H,4-5,8-11H2,1H3;1H. The molecule has 0 radical (unpaired) electrons. The van der Waals surface area contributed by atoms with Crippen LogP contribution in [0.5, 0.6) is 0 Å². The smallest absolute Gasteiger partial charge is 0.0245 e. The predicted octanol–water partition coefficient (Wildman–Crippen LogP) is 3.30. The third kappa shape index (κ3) is 4.54. The molecule has 0 saturated carbocycles. The van der Waals surface area contributed by atoms with Crippen LogP contribution in [0.3, 0.4) is 0 Å². The van der Waals surface area contributed by atoms with E-state index in [-0.39, 0.29) is 12.4 Å². The Bertz CT molecular complexity index is 357. The van der Waals surface area contributed by atoms with Gasteiger partial charge in [-0.15, -0.1) is 12.4 Å². The molecule has 1 unspecified atom stereocenters. The molecule has 0 amide bonds. The van der Waals surface area contributed by atoms with E-state index in [1.54, 1.807) is 0 Å². The highest BCUT2D eigenvalue weighted by atomic mass is 79.9. The van der Waals surface area contributed by atoms with Crippen molar-refractivity contribution in [3.05, 3.63) is 34.3 Å². The SMILES string of the molecule is CNCC1CCCN(Cc2ccccc2Br)C1.Cl. The first-order chi connectivity index (χ1) is 8.29. The minimum Gasteiger partial charge on any atom is -0.319 e. The highest BCUT2D eigenvalue weighted by Crippen LogP contribution is 2.22. The van der Waals surface area contributed by atoms with Crippen molar-refractivity contribution >= 4 is 28.3 Å². The van der Waals surface area contributed by atoms with Crippen LogP contribution in [0, 0.1) is 5.92 Å². The molecule has 0 aromatic heterocycles. The Morgan fingerprint density at radius 2 is 2.17 bits per heavy atom. The third-order valence-electron chi connectivity index (χ3n) is 3.45. The molecule has 1 aliphatic heterocycles. The lowest BCUT2D eigenvalue weighted by molar-refractivity contribution is 0.166. The maximum Gasteiger partial charge on any atom is 0.0245 e. The second-order valence-electron chi connectivity index (χ2n) is 4.89. The van der Waals surface area contributed by atoms with Crippen molar-refractivity contribution in [3.8, 4) is 0 Å². The molecule has 4 heteroatoms. The molecule has 1 N–H and O–H groups in total. The van der Waals surface area contributed by atoms with Gasteiger partial charge < -0.3 is 5.32 Å². The number of hydrogen-bond acceptors (Lipinski definition) is 2. The highest BCUT2D eigenvalue weighted by Gasteiger charge is 2.19. The molecule has 1 fully saturated rings. The quantitative estimate of drug-likeness (QED) is 0.909. The Balaban J connectivity index is 0.00000162. The van der Waals surface area contributed by atoms with E-state index in [1.807, 2.05) is 7.05 Å². The molecule has 1 aromatic rings. The van der Waals surface area contributed by atoms with Gasteiger partial charge in [0.2, 0.25) is 0 Å². The summed E-state index contributed by atoms with van der Waals surface area (Å²) in [7, 11) is 2.05. The van der Waals surface area contributed by atoms with E-state index in [2.05, 4.69) is 50.4 Å². The van der Waals surface area contributed by atoms with Gasteiger partial charge in [-0.25, -0.2) is 0 Å². The van der Waals surface area contributed by atoms with E-state index in [1.165, 1.54) is 36.0 Å². The number of nitrogens with zero attached hydrogens (tertiary/aromatic N) is 1. The number of piperidine rings is 1. The summed E-state index contributed by atoms with van der Waals surface area (Å²) in [5.41, 5.74) is 1.40. The molecule has 1 aliphatic rings. The molecule has 18 heavy (non-hydrogen) atoms. The number of rotatable bonds is 4. The van der Waals surface area contributed by atoms with E-state index in [9.17, 15) is 0 Å². The van der Waals surface area contributed by atoms with Crippen LogP contribution in [0.1, 0.15) is 18.4 Å². The van der Waals surface area contributed by atoms with Crippen molar-refractivity contribution in [1.29, 1.82) is 0 Å². The number of hydrogen-bond donors (Lipinski definition) is 1. The summed E-state index contributed by atoms with van der Waals surface area (Å²) < 4.78 is 1.23. The fourth-order valence-corrected chi connectivity index (χ4v) is 3.03. The lowest BCUT2D eigenvalue weighted by atomic mass is 9.97. The molecule has 1 heterocycles. The minimum absolute atomic E-state index is 0.